The molecule has 0 N–H and O–H groups in total. The third-order valence-electron chi connectivity index (χ3n) is 5.01. The van der Waals surface area contributed by atoms with E-state index in [2.05, 4.69) is 0 Å². The average molecular weight is 381 g/mol. The van der Waals surface area contributed by atoms with Gasteiger partial charge in [-0.05, 0) is 50.8 Å². The first-order valence-electron chi connectivity index (χ1n) is 9.39. The van der Waals surface area contributed by atoms with Crippen molar-refractivity contribution >= 4 is 15.9 Å². The third-order valence-corrected chi connectivity index (χ3v) is 6.99. The van der Waals surface area contributed by atoms with E-state index in [-0.39, 0.29) is 22.9 Å². The Kier molecular flexibility index (Phi) is 5.69. The van der Waals surface area contributed by atoms with E-state index in [1.54, 1.807) is 18.2 Å². The molecule has 1 amide bonds. The molecule has 1 aliphatic heterocycles. The van der Waals surface area contributed by atoms with Crippen LogP contribution in [0.2, 0.25) is 0 Å². The molecule has 3 rings (SSSR count). The monoisotopic (exact) mass is 380 g/mol. The number of sulfonamides is 1. The van der Waals surface area contributed by atoms with Gasteiger partial charge in [0, 0.05) is 30.7 Å². The summed E-state index contributed by atoms with van der Waals surface area (Å²) in [6, 6.07) is 5.50. The highest BCUT2D eigenvalue weighted by Crippen LogP contribution is 2.31. The molecule has 2 aliphatic rings. The summed E-state index contributed by atoms with van der Waals surface area (Å²) in [5, 5.41) is 0. The molecule has 0 aromatic heterocycles. The molecule has 7 heteroatoms. The lowest BCUT2D eigenvalue weighted by atomic mass is 10.1. The van der Waals surface area contributed by atoms with Crippen LogP contribution in [0.5, 0.6) is 0 Å². The molecule has 1 aromatic rings. The van der Waals surface area contributed by atoms with Crippen molar-refractivity contribution in [2.24, 2.45) is 0 Å². The zero-order valence-electron chi connectivity index (χ0n) is 15.8. The van der Waals surface area contributed by atoms with Crippen molar-refractivity contribution in [1.82, 2.24) is 9.21 Å². The van der Waals surface area contributed by atoms with Gasteiger partial charge in [0.1, 0.15) is 0 Å². The van der Waals surface area contributed by atoms with Crippen LogP contribution >= 0.6 is 0 Å². The molecule has 1 saturated carbocycles. The van der Waals surface area contributed by atoms with E-state index in [0.717, 1.165) is 18.4 Å². The first-order valence-corrected chi connectivity index (χ1v) is 10.8. The van der Waals surface area contributed by atoms with Crippen molar-refractivity contribution in [2.75, 3.05) is 26.3 Å². The van der Waals surface area contributed by atoms with Crippen LogP contribution in [0.3, 0.4) is 0 Å². The summed E-state index contributed by atoms with van der Waals surface area (Å²) in [5.74, 6) is -0.0800. The zero-order chi connectivity index (χ0) is 18.9. The van der Waals surface area contributed by atoms with Crippen LogP contribution in [-0.4, -0.2) is 61.9 Å². The van der Waals surface area contributed by atoms with Crippen molar-refractivity contribution < 1.29 is 17.9 Å². The van der Waals surface area contributed by atoms with Gasteiger partial charge in [-0.2, -0.15) is 4.31 Å². The van der Waals surface area contributed by atoms with Gasteiger partial charge < -0.3 is 9.64 Å². The minimum Gasteiger partial charge on any atom is -0.379 e. The number of carbonyl (C=O) groups excluding carboxylic acids is 1. The summed E-state index contributed by atoms with van der Waals surface area (Å²) in [5.41, 5.74) is 1.20. The third kappa shape index (κ3) is 3.80. The Bertz CT molecular complexity index is 764. The molecule has 144 valence electrons. The van der Waals surface area contributed by atoms with Gasteiger partial charge in [0.2, 0.25) is 10.0 Å². The molecule has 2 fully saturated rings. The fourth-order valence-electron chi connectivity index (χ4n) is 3.47. The number of carbonyl (C=O) groups is 1. The van der Waals surface area contributed by atoms with Gasteiger partial charge >= 0.3 is 0 Å². The van der Waals surface area contributed by atoms with Crippen molar-refractivity contribution in [3.63, 3.8) is 0 Å². The molecule has 0 unspecified atom stereocenters. The van der Waals surface area contributed by atoms with Crippen LogP contribution in [0.15, 0.2) is 23.1 Å². The summed E-state index contributed by atoms with van der Waals surface area (Å²) < 4.78 is 33.0. The molecule has 1 aromatic carbocycles. The van der Waals surface area contributed by atoms with Gasteiger partial charge in [-0.1, -0.05) is 13.0 Å². The van der Waals surface area contributed by atoms with E-state index >= 15 is 0 Å². The number of nitrogens with zero attached hydrogens (tertiary/aromatic N) is 2. The fourth-order valence-corrected chi connectivity index (χ4v) is 5.20. The maximum atomic E-state index is 13.1. The van der Waals surface area contributed by atoms with Crippen molar-refractivity contribution in [3.8, 4) is 0 Å². The van der Waals surface area contributed by atoms with Crippen molar-refractivity contribution in [1.29, 1.82) is 0 Å². The minimum atomic E-state index is -3.63. The first-order chi connectivity index (χ1) is 12.4. The molecule has 0 radical (unpaired) electrons. The van der Waals surface area contributed by atoms with Gasteiger partial charge in [-0.3, -0.25) is 4.79 Å². The molecule has 1 heterocycles. The van der Waals surface area contributed by atoms with E-state index in [0.29, 0.717) is 38.3 Å². The number of ether oxygens (including phenoxy) is 1. The van der Waals surface area contributed by atoms with Gasteiger partial charge in [0.05, 0.1) is 18.1 Å². The molecule has 0 bridgehead atoms. The maximum Gasteiger partial charge on any atom is 0.254 e. The second-order valence-electron chi connectivity index (χ2n) is 7.23. The molecular formula is C19H28N2O4S. The van der Waals surface area contributed by atoms with Crippen molar-refractivity contribution in [3.05, 3.63) is 29.3 Å². The fraction of sp³-hybridized carbons (Fsp3) is 0.632. The molecule has 6 nitrogen and oxygen atoms in total. The maximum absolute atomic E-state index is 13.1. The van der Waals surface area contributed by atoms with E-state index < -0.39 is 10.0 Å². The number of aryl methyl sites for hydroxylation is 1. The van der Waals surface area contributed by atoms with Crippen LogP contribution < -0.4 is 0 Å². The normalized spacial score (nSPS) is 18.9. The highest BCUT2D eigenvalue weighted by Gasteiger charge is 2.35. The van der Waals surface area contributed by atoms with E-state index in [4.69, 9.17) is 4.74 Å². The van der Waals surface area contributed by atoms with E-state index in [1.807, 2.05) is 25.7 Å². The summed E-state index contributed by atoms with van der Waals surface area (Å²) in [7, 11) is -3.63. The minimum absolute atomic E-state index is 0.0800. The number of amides is 1. The summed E-state index contributed by atoms with van der Waals surface area (Å²) in [6.07, 6.45) is 2.65. The summed E-state index contributed by atoms with van der Waals surface area (Å²) in [4.78, 5) is 15.2. The smallest absolute Gasteiger partial charge is 0.254 e. The first kappa shape index (κ1) is 19.3. The van der Waals surface area contributed by atoms with Gasteiger partial charge in [0.25, 0.3) is 5.91 Å². The highest BCUT2D eigenvalue weighted by molar-refractivity contribution is 7.89. The van der Waals surface area contributed by atoms with Gasteiger partial charge in [-0.25, -0.2) is 8.42 Å². The summed E-state index contributed by atoms with van der Waals surface area (Å²) in [6.45, 7) is 7.45. The molecule has 0 spiro atoms. The standard InChI is InChI=1S/C19H28N2O4S/c1-4-15-5-6-16(19(22)21(14(2)3)17-7-8-17)13-18(15)26(23,24)20-9-11-25-12-10-20/h5-6,13-14,17H,4,7-12H2,1-3H3. The SMILES string of the molecule is CCc1ccc(C(=O)N(C(C)C)C2CC2)cc1S(=O)(=O)N1CCOCC1. The number of hydrogen-bond acceptors (Lipinski definition) is 4. The number of rotatable bonds is 6. The second-order valence-corrected chi connectivity index (χ2v) is 9.14. The quantitative estimate of drug-likeness (QED) is 0.759. The van der Waals surface area contributed by atoms with Gasteiger partial charge in [-0.15, -0.1) is 0 Å². The van der Waals surface area contributed by atoms with Crippen molar-refractivity contribution in [2.45, 2.75) is 57.0 Å². The molecule has 26 heavy (non-hydrogen) atoms. The van der Waals surface area contributed by atoms with E-state index in [9.17, 15) is 13.2 Å². The number of benzene rings is 1. The molecular weight excluding hydrogens is 352 g/mol. The van der Waals surface area contributed by atoms with Crippen LogP contribution in [0.25, 0.3) is 0 Å². The molecule has 1 saturated heterocycles. The predicted molar refractivity (Wildman–Crippen MR) is 99.7 cm³/mol. The Morgan fingerprint density at radius 3 is 2.46 bits per heavy atom. The highest BCUT2D eigenvalue weighted by atomic mass is 32.2. The lowest BCUT2D eigenvalue weighted by Gasteiger charge is -2.28. The predicted octanol–water partition coefficient (Wildman–Crippen LogP) is 2.28. The second kappa shape index (κ2) is 7.66. The zero-order valence-corrected chi connectivity index (χ0v) is 16.6. The lowest BCUT2D eigenvalue weighted by molar-refractivity contribution is 0.0689. The van der Waals surface area contributed by atoms with Crippen LogP contribution in [0, 0.1) is 0 Å². The number of hydrogen-bond donors (Lipinski definition) is 0. The van der Waals surface area contributed by atoms with Crippen LogP contribution in [-0.2, 0) is 21.2 Å². The molecule has 0 atom stereocenters. The van der Waals surface area contributed by atoms with Gasteiger partial charge in [0.15, 0.2) is 0 Å². The summed E-state index contributed by atoms with van der Waals surface area (Å²) >= 11 is 0. The topological polar surface area (TPSA) is 66.9 Å². The Morgan fingerprint density at radius 1 is 1.27 bits per heavy atom. The largest absolute Gasteiger partial charge is 0.379 e. The van der Waals surface area contributed by atoms with Crippen LogP contribution in [0.1, 0.15) is 49.5 Å². The lowest BCUT2D eigenvalue weighted by Crippen LogP contribution is -2.41. The average Bonchev–Trinajstić information content (AvgIpc) is 3.46. The Balaban J connectivity index is 1.97. The van der Waals surface area contributed by atoms with Crippen LogP contribution in [0.4, 0.5) is 0 Å². The molecule has 1 aliphatic carbocycles. The number of morpholine rings is 1. The Labute approximate surface area is 156 Å². The Hall–Kier alpha value is -1.44. The Morgan fingerprint density at radius 2 is 1.92 bits per heavy atom. The van der Waals surface area contributed by atoms with E-state index in [1.165, 1.54) is 4.31 Å².